The second kappa shape index (κ2) is 9.96. The van der Waals surface area contributed by atoms with Gasteiger partial charge in [0.1, 0.15) is 5.75 Å². The van der Waals surface area contributed by atoms with Crippen LogP contribution >= 0.6 is 11.3 Å². The topological polar surface area (TPSA) is 59.7 Å². The largest absolute Gasteiger partial charge is 0.494 e. The maximum Gasteiger partial charge on any atom is 0.291 e. The van der Waals surface area contributed by atoms with Gasteiger partial charge in [0.2, 0.25) is 4.96 Å². The normalized spacial score (nSPS) is 11.9. The molecule has 0 aliphatic rings. The van der Waals surface area contributed by atoms with Gasteiger partial charge in [0.15, 0.2) is 5.82 Å². The summed E-state index contributed by atoms with van der Waals surface area (Å²) in [6.07, 6.45) is 4.04. The molecule has 166 valence electrons. The first-order valence-electron chi connectivity index (χ1n) is 11.1. The number of hydrogen-bond acceptors (Lipinski definition) is 6. The summed E-state index contributed by atoms with van der Waals surface area (Å²) in [7, 11) is 0. The number of nitrogens with zero attached hydrogens (tertiary/aromatic N) is 4. The molecule has 0 fully saturated rings. The fourth-order valence-electron chi connectivity index (χ4n) is 3.51. The van der Waals surface area contributed by atoms with Crippen LogP contribution in [0.25, 0.3) is 22.4 Å². The van der Waals surface area contributed by atoms with Gasteiger partial charge >= 0.3 is 0 Å². The van der Waals surface area contributed by atoms with Crippen LogP contribution in [-0.4, -0.2) is 34.3 Å². The number of rotatable bonds is 9. The molecule has 2 heterocycles. The van der Waals surface area contributed by atoms with E-state index in [-0.39, 0.29) is 5.56 Å². The third-order valence-electron chi connectivity index (χ3n) is 5.38. The van der Waals surface area contributed by atoms with Crippen molar-refractivity contribution in [2.24, 2.45) is 0 Å². The van der Waals surface area contributed by atoms with Crippen LogP contribution in [0, 0.1) is 0 Å². The standard InChI is InChI=1S/C25H28N4O2S/c1-4-7-16-31-21-14-10-19(11-15-21)23-26-25-29(27-23)24(30)22(32-25)17-18-8-12-20(13-9-18)28(5-2)6-3/h8-15,17H,4-7,16H2,1-3H3/b22-17+. The fourth-order valence-corrected chi connectivity index (χ4v) is 4.42. The molecule has 4 aromatic rings. The molecule has 0 spiro atoms. The molecule has 0 saturated heterocycles. The number of aromatic nitrogens is 3. The van der Waals surface area contributed by atoms with E-state index in [9.17, 15) is 4.79 Å². The van der Waals surface area contributed by atoms with Crippen LogP contribution in [0.1, 0.15) is 39.2 Å². The summed E-state index contributed by atoms with van der Waals surface area (Å²) in [5, 5.41) is 4.45. The number of hydrogen-bond donors (Lipinski definition) is 0. The number of anilines is 1. The van der Waals surface area contributed by atoms with Crippen LogP contribution in [0.4, 0.5) is 5.69 Å². The van der Waals surface area contributed by atoms with Gasteiger partial charge in [0.05, 0.1) is 11.1 Å². The number of benzene rings is 2. The minimum Gasteiger partial charge on any atom is -0.494 e. The monoisotopic (exact) mass is 448 g/mol. The summed E-state index contributed by atoms with van der Waals surface area (Å²) in [6.45, 7) is 9.08. The molecule has 0 atom stereocenters. The smallest absolute Gasteiger partial charge is 0.291 e. The number of ether oxygens (including phenoxy) is 1. The molecule has 2 aromatic heterocycles. The number of fused-ring (bicyclic) bond motifs is 1. The van der Waals surface area contributed by atoms with Crippen molar-refractivity contribution in [2.75, 3.05) is 24.6 Å². The zero-order valence-electron chi connectivity index (χ0n) is 18.7. The fraction of sp³-hybridized carbons (Fsp3) is 0.320. The minimum atomic E-state index is -0.143. The molecule has 7 heteroatoms. The summed E-state index contributed by atoms with van der Waals surface area (Å²) in [5.74, 6) is 1.38. The lowest BCUT2D eigenvalue weighted by Gasteiger charge is -2.20. The Balaban J connectivity index is 1.56. The lowest BCUT2D eigenvalue weighted by Crippen LogP contribution is -2.23. The van der Waals surface area contributed by atoms with Crippen LogP contribution in [0.15, 0.2) is 53.3 Å². The van der Waals surface area contributed by atoms with Crippen LogP contribution in [0.2, 0.25) is 0 Å². The highest BCUT2D eigenvalue weighted by Crippen LogP contribution is 2.21. The highest BCUT2D eigenvalue weighted by molar-refractivity contribution is 7.15. The summed E-state index contributed by atoms with van der Waals surface area (Å²) in [6, 6.07) is 15.9. The predicted octanol–water partition coefficient (Wildman–Crippen LogP) is 4.39. The van der Waals surface area contributed by atoms with Crippen LogP contribution < -0.4 is 19.7 Å². The van der Waals surface area contributed by atoms with Gasteiger partial charge < -0.3 is 9.64 Å². The number of thiazole rings is 1. The Hall–Kier alpha value is -3.19. The van der Waals surface area contributed by atoms with Gasteiger partial charge in [-0.15, -0.1) is 5.10 Å². The van der Waals surface area contributed by atoms with Crippen molar-refractivity contribution < 1.29 is 4.74 Å². The Morgan fingerprint density at radius 1 is 1.03 bits per heavy atom. The van der Waals surface area contributed by atoms with Crippen molar-refractivity contribution in [1.29, 1.82) is 0 Å². The molecule has 0 bridgehead atoms. The van der Waals surface area contributed by atoms with E-state index in [0.717, 1.165) is 42.8 Å². The molecule has 2 aromatic carbocycles. The van der Waals surface area contributed by atoms with Gasteiger partial charge in [-0.1, -0.05) is 36.8 Å². The Morgan fingerprint density at radius 3 is 2.38 bits per heavy atom. The second-order valence-corrected chi connectivity index (χ2v) is 8.54. The van der Waals surface area contributed by atoms with Crippen LogP contribution in [-0.2, 0) is 0 Å². The number of unbranched alkanes of at least 4 members (excludes halogenated alkanes) is 1. The van der Waals surface area contributed by atoms with Gasteiger partial charge in [-0.2, -0.15) is 9.50 Å². The van der Waals surface area contributed by atoms with Gasteiger partial charge in [0, 0.05) is 24.3 Å². The quantitative estimate of drug-likeness (QED) is 0.356. The van der Waals surface area contributed by atoms with E-state index in [1.54, 1.807) is 0 Å². The van der Waals surface area contributed by atoms with Gasteiger partial charge in [-0.05, 0) is 68.3 Å². The Bertz CT molecular complexity index is 1270. The molecule has 32 heavy (non-hydrogen) atoms. The van der Waals surface area contributed by atoms with E-state index in [0.29, 0.717) is 21.9 Å². The molecule has 4 rings (SSSR count). The predicted molar refractivity (Wildman–Crippen MR) is 132 cm³/mol. The van der Waals surface area contributed by atoms with E-state index in [1.807, 2.05) is 42.5 Å². The SMILES string of the molecule is CCCCOc1ccc(-c2nc3s/c(=C/c4ccc(N(CC)CC)cc4)c(=O)n3n2)cc1. The van der Waals surface area contributed by atoms with Crippen molar-refractivity contribution in [3.05, 3.63) is 69.0 Å². The highest BCUT2D eigenvalue weighted by atomic mass is 32.1. The molecule has 0 radical (unpaired) electrons. The van der Waals surface area contributed by atoms with Crippen molar-refractivity contribution in [2.45, 2.75) is 33.6 Å². The van der Waals surface area contributed by atoms with Gasteiger partial charge in [-0.3, -0.25) is 4.79 Å². The lowest BCUT2D eigenvalue weighted by molar-refractivity contribution is 0.309. The second-order valence-electron chi connectivity index (χ2n) is 7.54. The Morgan fingerprint density at radius 2 is 1.75 bits per heavy atom. The first-order valence-corrected chi connectivity index (χ1v) is 11.9. The summed E-state index contributed by atoms with van der Waals surface area (Å²) < 4.78 is 7.72. The van der Waals surface area contributed by atoms with Crippen molar-refractivity contribution >= 4 is 28.1 Å². The van der Waals surface area contributed by atoms with E-state index >= 15 is 0 Å². The zero-order valence-corrected chi connectivity index (χ0v) is 19.6. The molecule has 0 aliphatic carbocycles. The maximum atomic E-state index is 12.9. The third-order valence-corrected chi connectivity index (χ3v) is 6.34. The van der Waals surface area contributed by atoms with Crippen molar-refractivity contribution in [3.63, 3.8) is 0 Å². The summed E-state index contributed by atoms with van der Waals surface area (Å²) >= 11 is 1.36. The average molecular weight is 449 g/mol. The molecule has 0 unspecified atom stereocenters. The molecular weight excluding hydrogens is 420 g/mol. The molecule has 6 nitrogen and oxygen atoms in total. The molecule has 0 amide bonds. The van der Waals surface area contributed by atoms with Crippen molar-refractivity contribution in [1.82, 2.24) is 14.6 Å². The third kappa shape index (κ3) is 4.67. The lowest BCUT2D eigenvalue weighted by atomic mass is 10.2. The van der Waals surface area contributed by atoms with E-state index in [2.05, 4.69) is 47.9 Å². The molecule has 0 N–H and O–H groups in total. The highest BCUT2D eigenvalue weighted by Gasteiger charge is 2.12. The summed E-state index contributed by atoms with van der Waals surface area (Å²) in [4.78, 5) is 20.3. The summed E-state index contributed by atoms with van der Waals surface area (Å²) in [5.41, 5.74) is 2.89. The van der Waals surface area contributed by atoms with E-state index in [4.69, 9.17) is 4.74 Å². The van der Waals surface area contributed by atoms with Crippen molar-refractivity contribution in [3.8, 4) is 17.1 Å². The zero-order chi connectivity index (χ0) is 22.5. The average Bonchev–Trinajstić information content (AvgIpc) is 3.36. The van der Waals surface area contributed by atoms with Crippen LogP contribution in [0.3, 0.4) is 0 Å². The maximum absolute atomic E-state index is 12.9. The molecule has 0 saturated carbocycles. The first-order chi connectivity index (χ1) is 15.6. The Labute approximate surface area is 191 Å². The molecule has 0 aliphatic heterocycles. The van der Waals surface area contributed by atoms with E-state index < -0.39 is 0 Å². The van der Waals surface area contributed by atoms with Gasteiger partial charge in [0.25, 0.3) is 5.56 Å². The first kappa shape index (κ1) is 22.0. The van der Waals surface area contributed by atoms with E-state index in [1.165, 1.54) is 21.5 Å². The minimum absolute atomic E-state index is 0.143. The van der Waals surface area contributed by atoms with Crippen LogP contribution in [0.5, 0.6) is 5.75 Å². The molecular formula is C25H28N4O2S. The Kier molecular flexibility index (Phi) is 6.85. The van der Waals surface area contributed by atoms with Gasteiger partial charge in [-0.25, -0.2) is 0 Å².